The summed E-state index contributed by atoms with van der Waals surface area (Å²) in [6, 6.07) is 11.6. The summed E-state index contributed by atoms with van der Waals surface area (Å²) in [5.74, 6) is -0.445. The maximum Gasteiger partial charge on any atom is 0.253 e. The van der Waals surface area contributed by atoms with Gasteiger partial charge in [0.2, 0.25) is 5.91 Å². The topological polar surface area (TPSA) is 79.0 Å². The molecule has 7 nitrogen and oxygen atoms in total. The number of hydrogen-bond acceptors (Lipinski definition) is 4. The van der Waals surface area contributed by atoms with Crippen molar-refractivity contribution in [2.75, 3.05) is 33.3 Å². The number of halogens is 1. The molecule has 3 amide bonds. The van der Waals surface area contributed by atoms with E-state index < -0.39 is 6.04 Å². The van der Waals surface area contributed by atoms with Crippen LogP contribution in [0.25, 0.3) is 0 Å². The molecule has 2 aromatic carbocycles. The highest BCUT2D eigenvalue weighted by molar-refractivity contribution is 5.98. The highest BCUT2D eigenvalue weighted by Crippen LogP contribution is 2.24. The number of hydrogen-bond donors (Lipinski definition) is 1. The zero-order valence-electron chi connectivity index (χ0n) is 19.9. The fourth-order valence-corrected chi connectivity index (χ4v) is 4.29. The molecule has 1 atom stereocenters. The van der Waals surface area contributed by atoms with Gasteiger partial charge in [-0.05, 0) is 81.1 Å². The molecule has 1 aliphatic rings. The molecule has 2 aromatic rings. The van der Waals surface area contributed by atoms with Crippen LogP contribution in [-0.2, 0) is 4.79 Å². The van der Waals surface area contributed by atoms with Gasteiger partial charge in [-0.25, -0.2) is 4.39 Å². The average molecular weight is 470 g/mol. The first-order valence-corrected chi connectivity index (χ1v) is 11.7. The number of rotatable bonds is 8. The number of nitrogens with one attached hydrogen (secondary N) is 1. The van der Waals surface area contributed by atoms with E-state index in [-0.39, 0.29) is 29.5 Å². The number of likely N-dealkylation sites (tertiary alicyclic amines) is 1. The molecule has 1 aliphatic heterocycles. The molecule has 1 heterocycles. The van der Waals surface area contributed by atoms with Crippen molar-refractivity contribution in [1.82, 2.24) is 15.1 Å². The Labute approximate surface area is 199 Å². The number of amides is 3. The molecule has 0 spiro atoms. The molecule has 1 N–H and O–H groups in total. The summed E-state index contributed by atoms with van der Waals surface area (Å²) in [7, 11) is 1.56. The van der Waals surface area contributed by atoms with Crippen LogP contribution in [0.5, 0.6) is 5.75 Å². The molecule has 0 aliphatic carbocycles. The standard InChI is InChI=1S/C26H32FN3O4/c1-4-29(5-2)26(33)23(28-24(31)19-8-12-22(34-3)13-9-19)18-14-16-30(17-15-18)25(32)20-6-10-21(27)11-7-20/h6-13,18,23H,4-5,14-17H2,1-3H3,(H,28,31)/t23-/m0/s1. The van der Waals surface area contributed by atoms with Crippen LogP contribution in [0.3, 0.4) is 0 Å². The first-order chi connectivity index (χ1) is 16.4. The van der Waals surface area contributed by atoms with Crippen molar-refractivity contribution in [2.24, 2.45) is 5.92 Å². The summed E-state index contributed by atoms with van der Waals surface area (Å²) in [5, 5.41) is 2.96. The number of piperidine rings is 1. The molecule has 0 saturated carbocycles. The van der Waals surface area contributed by atoms with E-state index in [1.807, 2.05) is 13.8 Å². The third-order valence-electron chi connectivity index (χ3n) is 6.37. The molecule has 34 heavy (non-hydrogen) atoms. The SMILES string of the molecule is CCN(CC)C(=O)[C@@H](NC(=O)c1ccc(OC)cc1)C1CCN(C(=O)c2ccc(F)cc2)CC1. The van der Waals surface area contributed by atoms with Crippen LogP contribution >= 0.6 is 0 Å². The van der Waals surface area contributed by atoms with Gasteiger partial charge >= 0.3 is 0 Å². The van der Waals surface area contributed by atoms with Gasteiger partial charge < -0.3 is 19.9 Å². The predicted molar refractivity (Wildman–Crippen MR) is 127 cm³/mol. The minimum atomic E-state index is -0.683. The van der Waals surface area contributed by atoms with Gasteiger partial charge in [0.1, 0.15) is 17.6 Å². The van der Waals surface area contributed by atoms with E-state index in [4.69, 9.17) is 4.74 Å². The van der Waals surface area contributed by atoms with Crippen molar-refractivity contribution in [3.05, 3.63) is 65.5 Å². The molecule has 1 fully saturated rings. The van der Waals surface area contributed by atoms with Crippen LogP contribution in [0, 0.1) is 11.7 Å². The van der Waals surface area contributed by atoms with Gasteiger partial charge in [-0.3, -0.25) is 14.4 Å². The molecule has 0 radical (unpaired) electrons. The molecule has 0 unspecified atom stereocenters. The second kappa shape index (κ2) is 11.6. The highest BCUT2D eigenvalue weighted by Gasteiger charge is 2.35. The first kappa shape index (κ1) is 25.2. The van der Waals surface area contributed by atoms with Gasteiger partial charge in [0, 0.05) is 37.3 Å². The van der Waals surface area contributed by atoms with Crippen molar-refractivity contribution in [3.63, 3.8) is 0 Å². The van der Waals surface area contributed by atoms with Crippen LogP contribution in [-0.4, -0.2) is 66.9 Å². The van der Waals surface area contributed by atoms with E-state index in [0.717, 1.165) is 0 Å². The predicted octanol–water partition coefficient (Wildman–Crippen LogP) is 3.35. The van der Waals surface area contributed by atoms with E-state index in [2.05, 4.69) is 5.32 Å². The molecule has 1 saturated heterocycles. The fraction of sp³-hybridized carbons (Fsp3) is 0.423. The molecular weight excluding hydrogens is 437 g/mol. The monoisotopic (exact) mass is 469 g/mol. The normalized spacial score (nSPS) is 14.9. The fourth-order valence-electron chi connectivity index (χ4n) is 4.29. The zero-order chi connectivity index (χ0) is 24.7. The Hall–Kier alpha value is -3.42. The summed E-state index contributed by atoms with van der Waals surface area (Å²) < 4.78 is 18.3. The number of ether oxygens (including phenoxy) is 1. The Morgan fingerprint density at radius 3 is 2.09 bits per heavy atom. The Balaban J connectivity index is 1.72. The minimum absolute atomic E-state index is 0.104. The van der Waals surface area contributed by atoms with Crippen LogP contribution in [0.2, 0.25) is 0 Å². The maximum atomic E-state index is 13.3. The first-order valence-electron chi connectivity index (χ1n) is 11.7. The van der Waals surface area contributed by atoms with Crippen LogP contribution in [0.15, 0.2) is 48.5 Å². The minimum Gasteiger partial charge on any atom is -0.497 e. The Kier molecular flexibility index (Phi) is 8.62. The summed E-state index contributed by atoms with van der Waals surface area (Å²) in [5.41, 5.74) is 0.880. The van der Waals surface area contributed by atoms with Crippen molar-refractivity contribution in [3.8, 4) is 5.75 Å². The average Bonchev–Trinajstić information content (AvgIpc) is 2.88. The molecule has 182 valence electrons. The summed E-state index contributed by atoms with van der Waals surface area (Å²) in [6.45, 7) is 5.84. The van der Waals surface area contributed by atoms with Crippen molar-refractivity contribution >= 4 is 17.7 Å². The van der Waals surface area contributed by atoms with Gasteiger partial charge in [0.15, 0.2) is 0 Å². The molecule has 8 heteroatoms. The smallest absolute Gasteiger partial charge is 0.253 e. The Morgan fingerprint density at radius 2 is 1.56 bits per heavy atom. The second-order valence-electron chi connectivity index (χ2n) is 8.33. The van der Waals surface area contributed by atoms with Gasteiger partial charge in [0.25, 0.3) is 11.8 Å². The lowest BCUT2D eigenvalue weighted by Gasteiger charge is -2.37. The summed E-state index contributed by atoms with van der Waals surface area (Å²) in [4.78, 5) is 42.5. The Bertz CT molecular complexity index is 982. The van der Waals surface area contributed by atoms with E-state index in [0.29, 0.717) is 55.9 Å². The lowest BCUT2D eigenvalue weighted by molar-refractivity contribution is -0.134. The third kappa shape index (κ3) is 5.92. The molecule has 0 bridgehead atoms. The van der Waals surface area contributed by atoms with Gasteiger partial charge in [0.05, 0.1) is 7.11 Å². The van der Waals surface area contributed by atoms with E-state index >= 15 is 0 Å². The number of carbonyl (C=O) groups is 3. The zero-order valence-corrected chi connectivity index (χ0v) is 19.9. The number of methoxy groups -OCH3 is 1. The van der Waals surface area contributed by atoms with Crippen LogP contribution < -0.4 is 10.1 Å². The molecule has 3 rings (SSSR count). The largest absolute Gasteiger partial charge is 0.497 e. The van der Waals surface area contributed by atoms with Gasteiger partial charge in [-0.15, -0.1) is 0 Å². The third-order valence-corrected chi connectivity index (χ3v) is 6.37. The number of carbonyl (C=O) groups excluding carboxylic acids is 3. The van der Waals surface area contributed by atoms with E-state index in [1.165, 1.54) is 24.3 Å². The number of nitrogens with zero attached hydrogens (tertiary/aromatic N) is 2. The molecular formula is C26H32FN3O4. The quantitative estimate of drug-likeness (QED) is 0.643. The van der Waals surface area contributed by atoms with Crippen LogP contribution in [0.4, 0.5) is 4.39 Å². The summed E-state index contributed by atoms with van der Waals surface area (Å²) >= 11 is 0. The lowest BCUT2D eigenvalue weighted by Crippen LogP contribution is -2.54. The summed E-state index contributed by atoms with van der Waals surface area (Å²) in [6.07, 6.45) is 1.15. The Morgan fingerprint density at radius 1 is 1.00 bits per heavy atom. The van der Waals surface area contributed by atoms with Crippen LogP contribution in [0.1, 0.15) is 47.4 Å². The van der Waals surface area contributed by atoms with E-state index in [9.17, 15) is 18.8 Å². The second-order valence-corrected chi connectivity index (χ2v) is 8.33. The highest BCUT2D eigenvalue weighted by atomic mass is 19.1. The van der Waals surface area contributed by atoms with Crippen molar-refractivity contribution in [2.45, 2.75) is 32.7 Å². The van der Waals surface area contributed by atoms with Gasteiger partial charge in [-0.2, -0.15) is 0 Å². The maximum absolute atomic E-state index is 13.3. The number of likely N-dealkylation sites (N-methyl/N-ethyl adjacent to an activating group) is 1. The molecule has 0 aromatic heterocycles. The van der Waals surface area contributed by atoms with Crippen molar-refractivity contribution < 1.29 is 23.5 Å². The lowest BCUT2D eigenvalue weighted by atomic mass is 9.87. The van der Waals surface area contributed by atoms with E-state index in [1.54, 1.807) is 41.2 Å². The van der Waals surface area contributed by atoms with Gasteiger partial charge in [-0.1, -0.05) is 0 Å². The van der Waals surface area contributed by atoms with Crippen molar-refractivity contribution in [1.29, 1.82) is 0 Å². The number of benzene rings is 2.